The number of aliphatic hydroxyl groups excluding tert-OH is 1. The molecule has 2 aromatic heterocycles. The van der Waals surface area contributed by atoms with E-state index in [1.165, 1.54) is 30.5 Å². The van der Waals surface area contributed by atoms with Crippen LogP contribution in [0.5, 0.6) is 0 Å². The standard InChI is InChI=1S/C20H22F3N3O3S/c1-12(2)14(11-27)10-25-30(28,29)15-5-3-13(4-6-15)16-7-8-24-19-17(16)9-18(26-19)20(21,22)23/h3-9,12,14,25,27H,10-11H2,1-2H3,(H,24,26)/t14-/m0/s1. The highest BCUT2D eigenvalue weighted by molar-refractivity contribution is 7.89. The molecular formula is C20H22F3N3O3S. The molecule has 162 valence electrons. The van der Waals surface area contributed by atoms with Gasteiger partial charge in [-0.25, -0.2) is 18.1 Å². The zero-order chi connectivity index (χ0) is 22.1. The Bertz CT molecular complexity index is 1120. The third-order valence-corrected chi connectivity index (χ3v) is 6.47. The van der Waals surface area contributed by atoms with Gasteiger partial charge in [0.15, 0.2) is 0 Å². The largest absolute Gasteiger partial charge is 0.431 e. The maximum Gasteiger partial charge on any atom is 0.431 e. The Morgan fingerprint density at radius 2 is 1.83 bits per heavy atom. The van der Waals surface area contributed by atoms with Crippen molar-refractivity contribution in [2.24, 2.45) is 11.8 Å². The fourth-order valence-corrected chi connectivity index (χ4v) is 4.15. The topological polar surface area (TPSA) is 95.1 Å². The summed E-state index contributed by atoms with van der Waals surface area (Å²) in [6.45, 7) is 3.76. The molecule has 1 atom stereocenters. The summed E-state index contributed by atoms with van der Waals surface area (Å²) in [6.07, 6.45) is -3.13. The van der Waals surface area contributed by atoms with E-state index in [1.54, 1.807) is 6.07 Å². The third-order valence-electron chi connectivity index (χ3n) is 5.03. The summed E-state index contributed by atoms with van der Waals surface area (Å²) in [4.78, 5) is 6.23. The van der Waals surface area contributed by atoms with E-state index in [9.17, 15) is 26.7 Å². The monoisotopic (exact) mass is 441 g/mol. The Kier molecular flexibility index (Phi) is 6.21. The van der Waals surface area contributed by atoms with E-state index in [0.717, 1.165) is 6.07 Å². The molecule has 3 rings (SSSR count). The number of pyridine rings is 1. The van der Waals surface area contributed by atoms with E-state index in [2.05, 4.69) is 14.7 Å². The lowest BCUT2D eigenvalue weighted by molar-refractivity contribution is -0.140. The van der Waals surface area contributed by atoms with Crippen molar-refractivity contribution in [3.05, 3.63) is 48.3 Å². The number of aromatic nitrogens is 2. The second kappa shape index (κ2) is 8.37. The first kappa shape index (κ1) is 22.3. The lowest BCUT2D eigenvalue weighted by atomic mass is 9.97. The first-order valence-corrected chi connectivity index (χ1v) is 10.8. The fraction of sp³-hybridized carbons (Fsp3) is 0.350. The van der Waals surface area contributed by atoms with Crippen molar-refractivity contribution < 1.29 is 26.7 Å². The van der Waals surface area contributed by atoms with E-state index >= 15 is 0 Å². The summed E-state index contributed by atoms with van der Waals surface area (Å²) in [5, 5.41) is 9.64. The lowest BCUT2D eigenvalue weighted by Crippen LogP contribution is -2.33. The zero-order valence-electron chi connectivity index (χ0n) is 16.4. The van der Waals surface area contributed by atoms with Crippen LogP contribution >= 0.6 is 0 Å². The number of aromatic amines is 1. The number of halogens is 3. The number of fused-ring (bicyclic) bond motifs is 1. The number of sulfonamides is 1. The summed E-state index contributed by atoms with van der Waals surface area (Å²) < 4.78 is 66.5. The number of rotatable bonds is 7. The first-order chi connectivity index (χ1) is 14.0. The second-order valence-electron chi connectivity index (χ2n) is 7.36. The van der Waals surface area contributed by atoms with Gasteiger partial charge in [0.05, 0.1) is 4.90 Å². The quantitative estimate of drug-likeness (QED) is 0.520. The molecule has 0 saturated heterocycles. The molecule has 0 amide bonds. The van der Waals surface area contributed by atoms with E-state index in [4.69, 9.17) is 0 Å². The van der Waals surface area contributed by atoms with Gasteiger partial charge >= 0.3 is 6.18 Å². The van der Waals surface area contributed by atoms with Crippen molar-refractivity contribution in [2.75, 3.05) is 13.2 Å². The molecule has 10 heteroatoms. The average molecular weight is 441 g/mol. The molecule has 0 aliphatic carbocycles. The molecule has 6 nitrogen and oxygen atoms in total. The molecule has 3 N–H and O–H groups in total. The number of hydrogen-bond acceptors (Lipinski definition) is 4. The Morgan fingerprint density at radius 1 is 1.17 bits per heavy atom. The van der Waals surface area contributed by atoms with Gasteiger partial charge in [0, 0.05) is 24.7 Å². The SMILES string of the molecule is CC(C)[C@H](CO)CNS(=O)(=O)c1ccc(-c2ccnc3[nH]c(C(F)(F)F)cc23)cc1. The maximum absolute atomic E-state index is 13.0. The van der Waals surface area contributed by atoms with Crippen LogP contribution in [0.25, 0.3) is 22.2 Å². The molecule has 30 heavy (non-hydrogen) atoms. The predicted octanol–water partition coefficient (Wildman–Crippen LogP) is 3.79. The molecule has 0 fully saturated rings. The number of H-pyrrole nitrogens is 1. The molecule has 0 unspecified atom stereocenters. The maximum atomic E-state index is 13.0. The van der Waals surface area contributed by atoms with E-state index in [0.29, 0.717) is 16.5 Å². The van der Waals surface area contributed by atoms with Crippen LogP contribution in [-0.4, -0.2) is 36.6 Å². The molecule has 0 aliphatic rings. The summed E-state index contributed by atoms with van der Waals surface area (Å²) in [6, 6.07) is 8.43. The number of nitrogens with zero attached hydrogens (tertiary/aromatic N) is 1. The van der Waals surface area contributed by atoms with Gasteiger partial charge in [-0.2, -0.15) is 13.2 Å². The number of alkyl halides is 3. The number of aliphatic hydroxyl groups is 1. The van der Waals surface area contributed by atoms with Gasteiger partial charge in [0.2, 0.25) is 10.0 Å². The Morgan fingerprint density at radius 3 is 2.40 bits per heavy atom. The van der Waals surface area contributed by atoms with Gasteiger partial charge in [-0.05, 0) is 47.2 Å². The van der Waals surface area contributed by atoms with E-state index in [-0.39, 0.29) is 35.5 Å². The molecule has 2 heterocycles. The van der Waals surface area contributed by atoms with Gasteiger partial charge in [0.25, 0.3) is 0 Å². The number of benzene rings is 1. The Labute approximate surface area is 172 Å². The minimum Gasteiger partial charge on any atom is -0.396 e. The van der Waals surface area contributed by atoms with Crippen LogP contribution in [0.1, 0.15) is 19.5 Å². The normalized spacial score (nSPS) is 13.8. The Hall–Kier alpha value is -2.43. The van der Waals surface area contributed by atoms with E-state index < -0.39 is 21.9 Å². The van der Waals surface area contributed by atoms with Crippen molar-refractivity contribution >= 4 is 21.1 Å². The van der Waals surface area contributed by atoms with Crippen LogP contribution in [0.3, 0.4) is 0 Å². The van der Waals surface area contributed by atoms with Gasteiger partial charge in [0.1, 0.15) is 11.3 Å². The molecule has 3 aromatic rings. The Balaban J connectivity index is 1.88. The summed E-state index contributed by atoms with van der Waals surface area (Å²) in [5.74, 6) is -0.0994. The van der Waals surface area contributed by atoms with Crippen molar-refractivity contribution in [3.63, 3.8) is 0 Å². The molecule has 0 spiro atoms. The molecule has 0 bridgehead atoms. The fourth-order valence-electron chi connectivity index (χ4n) is 3.06. The number of hydrogen-bond donors (Lipinski definition) is 3. The van der Waals surface area contributed by atoms with Crippen LogP contribution < -0.4 is 4.72 Å². The molecule has 0 aliphatic heterocycles. The molecule has 0 radical (unpaired) electrons. The van der Waals surface area contributed by atoms with Gasteiger partial charge < -0.3 is 10.1 Å². The van der Waals surface area contributed by atoms with Gasteiger partial charge in [-0.15, -0.1) is 0 Å². The molecular weight excluding hydrogens is 419 g/mol. The minimum absolute atomic E-state index is 0.0297. The summed E-state index contributed by atoms with van der Waals surface area (Å²) >= 11 is 0. The summed E-state index contributed by atoms with van der Waals surface area (Å²) in [7, 11) is -3.78. The first-order valence-electron chi connectivity index (χ1n) is 9.29. The van der Waals surface area contributed by atoms with Gasteiger partial charge in [-0.3, -0.25) is 0 Å². The van der Waals surface area contributed by atoms with Crippen LogP contribution in [0.15, 0.2) is 47.5 Å². The van der Waals surface area contributed by atoms with Crippen LogP contribution in [0.2, 0.25) is 0 Å². The van der Waals surface area contributed by atoms with Crippen molar-refractivity contribution in [2.45, 2.75) is 24.9 Å². The zero-order valence-corrected chi connectivity index (χ0v) is 17.2. The number of nitrogens with one attached hydrogen (secondary N) is 2. The highest BCUT2D eigenvalue weighted by atomic mass is 32.2. The summed E-state index contributed by atoms with van der Waals surface area (Å²) in [5.41, 5.74) is 0.264. The van der Waals surface area contributed by atoms with Crippen molar-refractivity contribution in [3.8, 4) is 11.1 Å². The average Bonchev–Trinajstić information content (AvgIpc) is 3.13. The molecule has 0 saturated carbocycles. The predicted molar refractivity (Wildman–Crippen MR) is 107 cm³/mol. The van der Waals surface area contributed by atoms with Crippen LogP contribution in [-0.2, 0) is 16.2 Å². The highest BCUT2D eigenvalue weighted by Gasteiger charge is 2.33. The third kappa shape index (κ3) is 4.66. The molecule has 1 aromatic carbocycles. The minimum atomic E-state index is -4.52. The van der Waals surface area contributed by atoms with E-state index in [1.807, 2.05) is 13.8 Å². The second-order valence-corrected chi connectivity index (χ2v) is 9.13. The lowest BCUT2D eigenvalue weighted by Gasteiger charge is -2.18. The van der Waals surface area contributed by atoms with Crippen LogP contribution in [0, 0.1) is 11.8 Å². The highest BCUT2D eigenvalue weighted by Crippen LogP contribution is 2.34. The van der Waals surface area contributed by atoms with Crippen molar-refractivity contribution in [1.82, 2.24) is 14.7 Å². The smallest absolute Gasteiger partial charge is 0.396 e. The van der Waals surface area contributed by atoms with Gasteiger partial charge in [-0.1, -0.05) is 26.0 Å². The van der Waals surface area contributed by atoms with Crippen molar-refractivity contribution in [1.29, 1.82) is 0 Å². The van der Waals surface area contributed by atoms with Crippen LogP contribution in [0.4, 0.5) is 13.2 Å².